The predicted octanol–water partition coefficient (Wildman–Crippen LogP) is 0.596. The molecule has 1 unspecified atom stereocenters. The van der Waals surface area contributed by atoms with Gasteiger partial charge in [0.2, 0.25) is 5.91 Å². The molecular formula is C13H16N4O. The molecule has 1 amide bonds. The van der Waals surface area contributed by atoms with E-state index in [0.29, 0.717) is 13.0 Å². The Balaban J connectivity index is 1.82. The van der Waals surface area contributed by atoms with Gasteiger partial charge in [0.25, 0.3) is 0 Å². The van der Waals surface area contributed by atoms with Crippen molar-refractivity contribution in [2.45, 2.75) is 19.0 Å². The number of carbonyl (C=O) groups is 1. The third-order valence-corrected chi connectivity index (χ3v) is 2.64. The summed E-state index contributed by atoms with van der Waals surface area (Å²) in [7, 11) is 0. The normalized spacial score (nSPS) is 12.1. The molecule has 5 heteroatoms. The fraction of sp³-hybridized carbons (Fsp3) is 0.231. The third kappa shape index (κ3) is 3.43. The minimum atomic E-state index is -0.532. The fourth-order valence-electron chi connectivity index (χ4n) is 1.66. The summed E-state index contributed by atoms with van der Waals surface area (Å²) in [6.45, 7) is 0.418. The van der Waals surface area contributed by atoms with Gasteiger partial charge >= 0.3 is 0 Å². The maximum Gasteiger partial charge on any atom is 0.237 e. The monoisotopic (exact) mass is 244 g/mol. The number of hydrogen-bond acceptors (Lipinski definition) is 3. The first-order valence-corrected chi connectivity index (χ1v) is 5.80. The zero-order valence-electron chi connectivity index (χ0n) is 9.97. The van der Waals surface area contributed by atoms with E-state index in [1.54, 1.807) is 12.5 Å². The highest BCUT2D eigenvalue weighted by Gasteiger charge is 2.13. The Kier molecular flexibility index (Phi) is 4.09. The van der Waals surface area contributed by atoms with E-state index in [1.165, 1.54) is 0 Å². The molecule has 18 heavy (non-hydrogen) atoms. The highest BCUT2D eigenvalue weighted by atomic mass is 16.2. The molecule has 0 aliphatic carbocycles. The first kappa shape index (κ1) is 12.3. The summed E-state index contributed by atoms with van der Waals surface area (Å²) in [5.41, 5.74) is 7.76. The zero-order valence-corrected chi connectivity index (χ0v) is 9.97. The molecule has 4 N–H and O–H groups in total. The number of imidazole rings is 1. The van der Waals surface area contributed by atoms with Gasteiger partial charge in [0.15, 0.2) is 0 Å². The van der Waals surface area contributed by atoms with Crippen molar-refractivity contribution in [2.75, 3.05) is 0 Å². The van der Waals surface area contributed by atoms with E-state index in [2.05, 4.69) is 15.3 Å². The summed E-state index contributed by atoms with van der Waals surface area (Å²) in [4.78, 5) is 18.6. The van der Waals surface area contributed by atoms with Gasteiger partial charge in [-0.25, -0.2) is 4.98 Å². The van der Waals surface area contributed by atoms with Crippen LogP contribution in [0.25, 0.3) is 0 Å². The Labute approximate surface area is 105 Å². The zero-order chi connectivity index (χ0) is 12.8. The molecule has 0 bridgehead atoms. The molecular weight excluding hydrogens is 228 g/mol. The van der Waals surface area contributed by atoms with E-state index >= 15 is 0 Å². The van der Waals surface area contributed by atoms with Crippen LogP contribution in [0.15, 0.2) is 42.9 Å². The molecule has 0 saturated heterocycles. The van der Waals surface area contributed by atoms with Crippen LogP contribution in [-0.2, 0) is 17.8 Å². The van der Waals surface area contributed by atoms with Crippen molar-refractivity contribution in [1.29, 1.82) is 0 Å². The minimum Gasteiger partial charge on any atom is -0.349 e. The summed E-state index contributed by atoms with van der Waals surface area (Å²) in [5.74, 6) is -0.159. The van der Waals surface area contributed by atoms with Gasteiger partial charge in [-0.1, -0.05) is 30.3 Å². The van der Waals surface area contributed by atoms with Gasteiger partial charge in [0.1, 0.15) is 0 Å². The number of H-pyrrole nitrogens is 1. The first-order chi connectivity index (χ1) is 8.75. The second kappa shape index (κ2) is 5.97. The van der Waals surface area contributed by atoms with Crippen molar-refractivity contribution >= 4 is 5.91 Å². The van der Waals surface area contributed by atoms with Gasteiger partial charge in [-0.2, -0.15) is 0 Å². The molecule has 0 aliphatic rings. The summed E-state index contributed by atoms with van der Waals surface area (Å²) >= 11 is 0. The lowest BCUT2D eigenvalue weighted by molar-refractivity contribution is -0.122. The minimum absolute atomic E-state index is 0.159. The van der Waals surface area contributed by atoms with Crippen LogP contribution in [0.4, 0.5) is 0 Å². The summed E-state index contributed by atoms with van der Waals surface area (Å²) < 4.78 is 0. The smallest absolute Gasteiger partial charge is 0.237 e. The number of nitrogens with two attached hydrogens (primary N) is 1. The molecule has 0 fully saturated rings. The summed E-state index contributed by atoms with van der Waals surface area (Å²) in [5, 5.41) is 2.77. The highest BCUT2D eigenvalue weighted by molar-refractivity contribution is 5.81. The van der Waals surface area contributed by atoms with Gasteiger partial charge in [-0.15, -0.1) is 0 Å². The predicted molar refractivity (Wildman–Crippen MR) is 68.6 cm³/mol. The highest BCUT2D eigenvalue weighted by Crippen LogP contribution is 2.02. The second-order valence-electron chi connectivity index (χ2n) is 4.09. The Bertz CT molecular complexity index is 481. The van der Waals surface area contributed by atoms with Crippen molar-refractivity contribution in [3.63, 3.8) is 0 Å². The van der Waals surface area contributed by atoms with Gasteiger partial charge in [-0.05, 0) is 12.0 Å². The Morgan fingerprint density at radius 2 is 2.17 bits per heavy atom. The molecule has 2 rings (SSSR count). The molecule has 0 radical (unpaired) electrons. The summed E-state index contributed by atoms with van der Waals surface area (Å²) in [6.07, 6.45) is 3.78. The lowest BCUT2D eigenvalue weighted by atomic mass is 10.1. The fourth-order valence-corrected chi connectivity index (χ4v) is 1.66. The van der Waals surface area contributed by atoms with Crippen LogP contribution in [0.1, 0.15) is 11.3 Å². The van der Waals surface area contributed by atoms with Crippen LogP contribution in [0.3, 0.4) is 0 Å². The van der Waals surface area contributed by atoms with Crippen molar-refractivity contribution in [1.82, 2.24) is 15.3 Å². The molecule has 94 valence electrons. The van der Waals surface area contributed by atoms with Gasteiger partial charge in [0, 0.05) is 6.20 Å². The topological polar surface area (TPSA) is 83.8 Å². The molecule has 0 saturated carbocycles. The van der Waals surface area contributed by atoms with E-state index in [0.717, 1.165) is 11.3 Å². The van der Waals surface area contributed by atoms with Gasteiger partial charge in [0.05, 0.1) is 24.6 Å². The van der Waals surface area contributed by atoms with Crippen LogP contribution in [0.2, 0.25) is 0 Å². The van der Waals surface area contributed by atoms with Crippen LogP contribution in [0, 0.1) is 0 Å². The van der Waals surface area contributed by atoms with Crippen LogP contribution in [-0.4, -0.2) is 21.9 Å². The van der Waals surface area contributed by atoms with E-state index in [-0.39, 0.29) is 5.91 Å². The molecule has 1 aromatic heterocycles. The summed E-state index contributed by atoms with van der Waals surface area (Å²) in [6, 6.07) is 9.20. The maximum absolute atomic E-state index is 11.8. The van der Waals surface area contributed by atoms with Crippen molar-refractivity contribution < 1.29 is 4.79 Å². The van der Waals surface area contributed by atoms with E-state index in [4.69, 9.17) is 5.73 Å². The number of rotatable bonds is 5. The largest absolute Gasteiger partial charge is 0.349 e. The molecule has 2 aromatic rings. The van der Waals surface area contributed by atoms with E-state index in [1.807, 2.05) is 30.3 Å². The molecule has 0 spiro atoms. The quantitative estimate of drug-likeness (QED) is 0.720. The molecule has 1 atom stereocenters. The maximum atomic E-state index is 11.8. The van der Waals surface area contributed by atoms with Gasteiger partial charge in [-0.3, -0.25) is 4.79 Å². The molecule has 1 heterocycles. The number of nitrogens with zero attached hydrogens (tertiary/aromatic N) is 1. The standard InChI is InChI=1S/C13H16N4O/c14-12(6-10-4-2-1-3-5-10)13(18)16-8-11-7-15-9-17-11/h1-5,7,9,12H,6,8,14H2,(H,15,17)(H,16,18). The van der Waals surface area contributed by atoms with E-state index in [9.17, 15) is 4.79 Å². The van der Waals surface area contributed by atoms with Gasteiger partial charge < -0.3 is 16.0 Å². The van der Waals surface area contributed by atoms with Crippen molar-refractivity contribution in [3.8, 4) is 0 Å². The average Bonchev–Trinajstić information content (AvgIpc) is 2.90. The Morgan fingerprint density at radius 1 is 1.39 bits per heavy atom. The molecule has 0 aliphatic heterocycles. The Hall–Kier alpha value is -2.14. The lowest BCUT2D eigenvalue weighted by Crippen LogP contribution is -2.41. The molecule has 5 nitrogen and oxygen atoms in total. The number of nitrogens with one attached hydrogen (secondary N) is 2. The average molecular weight is 244 g/mol. The number of benzene rings is 1. The number of carbonyl (C=O) groups excluding carboxylic acids is 1. The third-order valence-electron chi connectivity index (χ3n) is 2.64. The first-order valence-electron chi connectivity index (χ1n) is 5.80. The van der Waals surface area contributed by atoms with E-state index < -0.39 is 6.04 Å². The van der Waals surface area contributed by atoms with Crippen LogP contribution < -0.4 is 11.1 Å². The Morgan fingerprint density at radius 3 is 2.83 bits per heavy atom. The number of hydrogen-bond donors (Lipinski definition) is 3. The van der Waals surface area contributed by atoms with Crippen LogP contribution in [0.5, 0.6) is 0 Å². The number of aromatic amines is 1. The number of amides is 1. The lowest BCUT2D eigenvalue weighted by Gasteiger charge is -2.11. The van der Waals surface area contributed by atoms with Crippen molar-refractivity contribution in [2.24, 2.45) is 5.73 Å². The SMILES string of the molecule is NC(Cc1ccccc1)C(=O)NCc1cnc[nH]1. The number of aromatic nitrogens is 2. The molecule has 1 aromatic carbocycles. The van der Waals surface area contributed by atoms with Crippen molar-refractivity contribution in [3.05, 3.63) is 54.1 Å². The van der Waals surface area contributed by atoms with Crippen LogP contribution >= 0.6 is 0 Å². The second-order valence-corrected chi connectivity index (χ2v) is 4.09.